The highest BCUT2D eigenvalue weighted by Gasteiger charge is 2.44. The number of nitrogens with one attached hydrogen (secondary N) is 2. The van der Waals surface area contributed by atoms with Crippen molar-refractivity contribution in [2.75, 3.05) is 23.7 Å². The predicted octanol–water partition coefficient (Wildman–Crippen LogP) is 1.78. The Morgan fingerprint density at radius 1 is 1.26 bits per heavy atom. The van der Waals surface area contributed by atoms with Crippen LogP contribution in [0.5, 0.6) is 0 Å². The average molecular weight is 313 g/mol. The van der Waals surface area contributed by atoms with Gasteiger partial charge in [-0.3, -0.25) is 9.69 Å². The van der Waals surface area contributed by atoms with Gasteiger partial charge in [-0.2, -0.15) is 4.98 Å². The van der Waals surface area contributed by atoms with Gasteiger partial charge in [-0.15, -0.1) is 0 Å². The van der Waals surface area contributed by atoms with E-state index in [1.807, 2.05) is 24.3 Å². The summed E-state index contributed by atoms with van der Waals surface area (Å²) in [5.74, 6) is 1.34. The van der Waals surface area contributed by atoms with Crippen molar-refractivity contribution < 1.29 is 9.32 Å². The van der Waals surface area contributed by atoms with Gasteiger partial charge in [0.05, 0.1) is 17.9 Å². The standard InChI is InChI=1S/C16H19N5O2/c1-11-17-14(20-23-11)10-21-8-6-16(7-9-21)15(22)18-12-4-2-3-5-13(12)19-16/h2-5,19H,6-10H2,1H3,(H,18,22). The zero-order chi connectivity index (χ0) is 15.9. The quantitative estimate of drug-likeness (QED) is 0.879. The van der Waals surface area contributed by atoms with Crippen LogP contribution in [-0.4, -0.2) is 39.6 Å². The number of rotatable bonds is 2. The molecule has 3 heterocycles. The van der Waals surface area contributed by atoms with E-state index < -0.39 is 5.54 Å². The lowest BCUT2D eigenvalue weighted by molar-refractivity contribution is -0.122. The Kier molecular flexibility index (Phi) is 3.30. The number of likely N-dealkylation sites (tertiary alicyclic amines) is 1. The second-order valence-electron chi connectivity index (χ2n) is 6.21. The minimum Gasteiger partial charge on any atom is -0.369 e. The fraction of sp³-hybridized carbons (Fsp3) is 0.438. The molecule has 2 aliphatic rings. The van der Waals surface area contributed by atoms with Gasteiger partial charge in [-0.05, 0) is 25.0 Å². The molecule has 7 heteroatoms. The second kappa shape index (κ2) is 5.34. The van der Waals surface area contributed by atoms with Gasteiger partial charge >= 0.3 is 0 Å². The molecule has 1 saturated heterocycles. The number of benzene rings is 1. The van der Waals surface area contributed by atoms with E-state index in [4.69, 9.17) is 4.52 Å². The molecular formula is C16H19N5O2. The summed E-state index contributed by atoms with van der Waals surface area (Å²) >= 11 is 0. The Morgan fingerprint density at radius 3 is 2.70 bits per heavy atom. The number of hydrogen-bond acceptors (Lipinski definition) is 6. The molecule has 0 saturated carbocycles. The first kappa shape index (κ1) is 14.2. The number of amides is 1. The Balaban J connectivity index is 1.45. The first-order valence-corrected chi connectivity index (χ1v) is 7.85. The number of aryl methyl sites for hydroxylation is 1. The van der Waals surface area contributed by atoms with Gasteiger partial charge in [-0.25, -0.2) is 0 Å². The van der Waals surface area contributed by atoms with E-state index in [9.17, 15) is 4.79 Å². The fourth-order valence-corrected chi connectivity index (χ4v) is 3.31. The number of carbonyl (C=O) groups is 1. The maximum atomic E-state index is 12.6. The topological polar surface area (TPSA) is 83.3 Å². The van der Waals surface area contributed by atoms with E-state index in [1.165, 1.54) is 0 Å². The molecule has 1 aromatic heterocycles. The van der Waals surface area contributed by atoms with Crippen LogP contribution in [0.15, 0.2) is 28.8 Å². The zero-order valence-corrected chi connectivity index (χ0v) is 13.0. The number of carbonyl (C=O) groups excluding carboxylic acids is 1. The molecule has 23 heavy (non-hydrogen) atoms. The third-order valence-corrected chi connectivity index (χ3v) is 4.63. The van der Waals surface area contributed by atoms with Crippen molar-refractivity contribution in [3.63, 3.8) is 0 Å². The first-order chi connectivity index (χ1) is 11.1. The molecule has 2 aliphatic heterocycles. The molecule has 4 rings (SSSR count). The Labute approximate surface area is 134 Å². The van der Waals surface area contributed by atoms with Gasteiger partial charge in [-0.1, -0.05) is 17.3 Å². The summed E-state index contributed by atoms with van der Waals surface area (Å²) in [5, 5.41) is 10.4. The first-order valence-electron chi connectivity index (χ1n) is 7.85. The van der Waals surface area contributed by atoms with Crippen LogP contribution in [0.1, 0.15) is 24.6 Å². The van der Waals surface area contributed by atoms with Crippen molar-refractivity contribution >= 4 is 17.3 Å². The smallest absolute Gasteiger partial charge is 0.250 e. The molecule has 1 fully saturated rings. The van der Waals surface area contributed by atoms with E-state index in [1.54, 1.807) is 6.92 Å². The van der Waals surface area contributed by atoms with Crippen molar-refractivity contribution in [1.82, 2.24) is 15.0 Å². The molecule has 2 N–H and O–H groups in total. The van der Waals surface area contributed by atoms with E-state index in [-0.39, 0.29) is 5.91 Å². The molecule has 0 aliphatic carbocycles. The van der Waals surface area contributed by atoms with Gasteiger partial charge in [0.2, 0.25) is 11.8 Å². The number of fused-ring (bicyclic) bond motifs is 1. The summed E-state index contributed by atoms with van der Waals surface area (Å²) in [7, 11) is 0. The molecule has 1 amide bonds. The minimum absolute atomic E-state index is 0.0613. The maximum Gasteiger partial charge on any atom is 0.250 e. The van der Waals surface area contributed by atoms with Gasteiger partial charge in [0.15, 0.2) is 5.82 Å². The largest absolute Gasteiger partial charge is 0.369 e. The monoisotopic (exact) mass is 313 g/mol. The van der Waals surface area contributed by atoms with Crippen molar-refractivity contribution in [3.8, 4) is 0 Å². The third-order valence-electron chi connectivity index (χ3n) is 4.63. The number of piperidine rings is 1. The fourth-order valence-electron chi connectivity index (χ4n) is 3.31. The van der Waals surface area contributed by atoms with Crippen LogP contribution >= 0.6 is 0 Å². The van der Waals surface area contributed by atoms with Crippen molar-refractivity contribution in [2.24, 2.45) is 0 Å². The number of nitrogens with zero attached hydrogens (tertiary/aromatic N) is 3. The highest BCUT2D eigenvalue weighted by Crippen LogP contribution is 2.36. The maximum absolute atomic E-state index is 12.6. The number of aromatic nitrogens is 2. The SMILES string of the molecule is Cc1nc(CN2CCC3(CC2)Nc2ccccc2NC3=O)no1. The number of anilines is 2. The highest BCUT2D eigenvalue weighted by molar-refractivity contribution is 6.06. The van der Waals surface area contributed by atoms with E-state index >= 15 is 0 Å². The minimum atomic E-state index is -0.516. The van der Waals surface area contributed by atoms with Gasteiger partial charge < -0.3 is 15.2 Å². The second-order valence-corrected chi connectivity index (χ2v) is 6.21. The highest BCUT2D eigenvalue weighted by atomic mass is 16.5. The van der Waals surface area contributed by atoms with Gasteiger partial charge in [0.1, 0.15) is 5.54 Å². The van der Waals surface area contributed by atoms with Crippen molar-refractivity contribution in [1.29, 1.82) is 0 Å². The van der Waals surface area contributed by atoms with E-state index in [0.717, 1.165) is 37.3 Å². The Morgan fingerprint density at radius 2 is 2.00 bits per heavy atom. The molecule has 1 aromatic carbocycles. The van der Waals surface area contributed by atoms with Crippen LogP contribution in [0, 0.1) is 6.92 Å². The van der Waals surface area contributed by atoms with Crippen LogP contribution in [0.25, 0.3) is 0 Å². The lowest BCUT2D eigenvalue weighted by Crippen LogP contribution is -2.58. The van der Waals surface area contributed by atoms with Crippen LogP contribution in [0.4, 0.5) is 11.4 Å². The van der Waals surface area contributed by atoms with Gasteiger partial charge in [0, 0.05) is 20.0 Å². The molecule has 0 radical (unpaired) electrons. The van der Waals surface area contributed by atoms with Crippen LogP contribution in [0.3, 0.4) is 0 Å². The molecular weight excluding hydrogens is 294 g/mol. The van der Waals surface area contributed by atoms with Crippen molar-refractivity contribution in [3.05, 3.63) is 36.0 Å². The summed E-state index contributed by atoms with van der Waals surface area (Å²) in [6.45, 7) is 4.08. The molecule has 7 nitrogen and oxygen atoms in total. The normalized spacial score (nSPS) is 20.0. The molecule has 2 aromatic rings. The van der Waals surface area contributed by atoms with Gasteiger partial charge in [0.25, 0.3) is 0 Å². The van der Waals surface area contributed by atoms with Crippen LogP contribution in [-0.2, 0) is 11.3 Å². The Hall–Kier alpha value is -2.41. The van der Waals surface area contributed by atoms with Crippen molar-refractivity contribution in [2.45, 2.75) is 31.8 Å². The number of para-hydroxylation sites is 2. The van der Waals surface area contributed by atoms with Crippen LogP contribution < -0.4 is 10.6 Å². The van der Waals surface area contributed by atoms with E-state index in [0.29, 0.717) is 18.3 Å². The summed E-state index contributed by atoms with van der Waals surface area (Å²) in [5.41, 5.74) is 1.33. The molecule has 120 valence electrons. The Bertz CT molecular complexity index is 734. The lowest BCUT2D eigenvalue weighted by atomic mass is 9.84. The predicted molar refractivity (Wildman–Crippen MR) is 85.0 cm³/mol. The summed E-state index contributed by atoms with van der Waals surface area (Å²) in [6, 6.07) is 7.82. The average Bonchev–Trinajstić information content (AvgIpc) is 2.96. The van der Waals surface area contributed by atoms with Crippen LogP contribution in [0.2, 0.25) is 0 Å². The third kappa shape index (κ3) is 2.57. The molecule has 0 unspecified atom stereocenters. The van der Waals surface area contributed by atoms with E-state index in [2.05, 4.69) is 25.7 Å². The molecule has 0 atom stereocenters. The number of hydrogen-bond donors (Lipinski definition) is 2. The lowest BCUT2D eigenvalue weighted by Gasteiger charge is -2.44. The molecule has 1 spiro atoms. The summed E-state index contributed by atoms with van der Waals surface area (Å²) in [6.07, 6.45) is 1.51. The zero-order valence-electron chi connectivity index (χ0n) is 13.0. The summed E-state index contributed by atoms with van der Waals surface area (Å²) < 4.78 is 5.01. The summed E-state index contributed by atoms with van der Waals surface area (Å²) in [4.78, 5) is 19.1. The molecule has 0 bridgehead atoms.